The van der Waals surface area contributed by atoms with Crippen LogP contribution in [0.15, 0.2) is 73.2 Å². The predicted molar refractivity (Wildman–Crippen MR) is 116 cm³/mol. The monoisotopic (exact) mass is 414 g/mol. The van der Waals surface area contributed by atoms with Crippen LogP contribution in [0.2, 0.25) is 0 Å². The summed E-state index contributed by atoms with van der Waals surface area (Å²) in [6, 6.07) is 17.1. The second-order valence-corrected chi connectivity index (χ2v) is 7.00. The number of para-hydroxylation sites is 2. The van der Waals surface area contributed by atoms with Crippen LogP contribution in [0.25, 0.3) is 11.0 Å². The standard InChI is InChI=1S/C23H22N6O2/c30-20(11-6-12-26-23(31)19-15-24-13-14-25-19)29-21(16-7-2-1-3-8-16)22-27-17-9-4-5-10-18(17)28-22/h1-5,7-10,13-15,21H,6,11-12H2,(H,26,31)(H,27,28)(H,29,30). The molecule has 2 amide bonds. The van der Waals surface area contributed by atoms with Gasteiger partial charge < -0.3 is 15.6 Å². The Kier molecular flexibility index (Phi) is 6.27. The van der Waals surface area contributed by atoms with Gasteiger partial charge in [-0.2, -0.15) is 0 Å². The van der Waals surface area contributed by atoms with Gasteiger partial charge in [0.05, 0.1) is 17.2 Å². The van der Waals surface area contributed by atoms with Gasteiger partial charge in [-0.25, -0.2) is 9.97 Å². The van der Waals surface area contributed by atoms with Crippen LogP contribution in [0.4, 0.5) is 0 Å². The number of rotatable bonds is 8. The first-order chi connectivity index (χ1) is 15.2. The summed E-state index contributed by atoms with van der Waals surface area (Å²) in [5.74, 6) is 0.248. The lowest BCUT2D eigenvalue weighted by molar-refractivity contribution is -0.121. The van der Waals surface area contributed by atoms with E-state index in [0.29, 0.717) is 18.8 Å². The Morgan fingerprint density at radius 1 is 1.00 bits per heavy atom. The van der Waals surface area contributed by atoms with Crippen LogP contribution in [0.3, 0.4) is 0 Å². The molecule has 1 unspecified atom stereocenters. The van der Waals surface area contributed by atoms with Crippen molar-refractivity contribution < 1.29 is 9.59 Å². The Hall–Kier alpha value is -4.07. The molecule has 8 nitrogen and oxygen atoms in total. The number of benzene rings is 2. The van der Waals surface area contributed by atoms with Gasteiger partial charge in [0.1, 0.15) is 17.6 Å². The van der Waals surface area contributed by atoms with Gasteiger partial charge in [0, 0.05) is 25.4 Å². The van der Waals surface area contributed by atoms with Gasteiger partial charge in [0.25, 0.3) is 5.91 Å². The first kappa shape index (κ1) is 20.2. The quantitative estimate of drug-likeness (QED) is 0.384. The summed E-state index contributed by atoms with van der Waals surface area (Å²) in [6.45, 7) is 0.365. The van der Waals surface area contributed by atoms with Crippen molar-refractivity contribution in [2.45, 2.75) is 18.9 Å². The van der Waals surface area contributed by atoms with E-state index in [2.05, 4.69) is 30.6 Å². The highest BCUT2D eigenvalue weighted by Gasteiger charge is 2.20. The minimum atomic E-state index is -0.393. The smallest absolute Gasteiger partial charge is 0.271 e. The maximum Gasteiger partial charge on any atom is 0.271 e. The molecule has 0 spiro atoms. The third-order valence-electron chi connectivity index (χ3n) is 4.78. The van der Waals surface area contributed by atoms with Gasteiger partial charge in [-0.3, -0.25) is 14.6 Å². The van der Waals surface area contributed by atoms with Gasteiger partial charge in [-0.05, 0) is 24.1 Å². The lowest BCUT2D eigenvalue weighted by Crippen LogP contribution is -2.31. The Bertz CT molecular complexity index is 1130. The lowest BCUT2D eigenvalue weighted by Gasteiger charge is -2.17. The molecule has 3 N–H and O–H groups in total. The summed E-state index contributed by atoms with van der Waals surface area (Å²) in [4.78, 5) is 40.4. The third-order valence-corrected chi connectivity index (χ3v) is 4.78. The summed E-state index contributed by atoms with van der Waals surface area (Å²) < 4.78 is 0. The number of imidazole rings is 1. The van der Waals surface area contributed by atoms with Gasteiger partial charge in [-0.15, -0.1) is 0 Å². The van der Waals surface area contributed by atoms with Crippen molar-refractivity contribution in [1.82, 2.24) is 30.6 Å². The fraction of sp³-hybridized carbons (Fsp3) is 0.174. The van der Waals surface area contributed by atoms with E-state index in [4.69, 9.17) is 0 Å². The van der Waals surface area contributed by atoms with Gasteiger partial charge >= 0.3 is 0 Å². The van der Waals surface area contributed by atoms with Gasteiger partial charge in [0.15, 0.2) is 0 Å². The average Bonchev–Trinajstić information content (AvgIpc) is 3.25. The van der Waals surface area contributed by atoms with E-state index in [0.717, 1.165) is 16.6 Å². The Labute approximate surface area is 179 Å². The molecule has 2 heterocycles. The molecule has 0 aliphatic rings. The second kappa shape index (κ2) is 9.62. The number of H-pyrrole nitrogens is 1. The van der Waals surface area contributed by atoms with E-state index in [1.54, 1.807) is 0 Å². The highest BCUT2D eigenvalue weighted by molar-refractivity contribution is 5.91. The molecule has 2 aromatic heterocycles. The summed E-state index contributed by atoms with van der Waals surface area (Å²) >= 11 is 0. The number of carbonyl (C=O) groups is 2. The zero-order valence-corrected chi connectivity index (χ0v) is 16.8. The largest absolute Gasteiger partial charge is 0.351 e. The molecule has 2 aromatic carbocycles. The van der Waals surface area contributed by atoms with Crippen molar-refractivity contribution in [3.63, 3.8) is 0 Å². The number of amides is 2. The molecule has 4 rings (SSSR count). The van der Waals surface area contributed by atoms with Crippen molar-refractivity contribution in [1.29, 1.82) is 0 Å². The molecule has 0 aliphatic carbocycles. The Morgan fingerprint density at radius 3 is 2.58 bits per heavy atom. The van der Waals surface area contributed by atoms with E-state index < -0.39 is 6.04 Å². The number of hydrogen-bond acceptors (Lipinski definition) is 5. The number of aromatic amines is 1. The van der Waals surface area contributed by atoms with Gasteiger partial charge in [-0.1, -0.05) is 42.5 Å². The summed E-state index contributed by atoms with van der Waals surface area (Å²) in [6.07, 6.45) is 5.14. The number of nitrogens with one attached hydrogen (secondary N) is 3. The third kappa shape index (κ3) is 5.11. The number of carbonyl (C=O) groups excluding carboxylic acids is 2. The highest BCUT2D eigenvalue weighted by Crippen LogP contribution is 2.22. The van der Waals surface area contributed by atoms with Crippen LogP contribution in [0.1, 0.15) is 40.8 Å². The highest BCUT2D eigenvalue weighted by atomic mass is 16.2. The number of fused-ring (bicyclic) bond motifs is 1. The van der Waals surface area contributed by atoms with Crippen molar-refractivity contribution in [2.75, 3.05) is 6.54 Å². The van der Waals surface area contributed by atoms with Crippen molar-refractivity contribution >= 4 is 22.8 Å². The van der Waals surface area contributed by atoms with Crippen LogP contribution in [-0.2, 0) is 4.79 Å². The molecule has 1 atom stereocenters. The van der Waals surface area contributed by atoms with Crippen molar-refractivity contribution in [3.05, 3.63) is 90.3 Å². The molecule has 0 saturated carbocycles. The molecule has 0 saturated heterocycles. The van der Waals surface area contributed by atoms with Crippen LogP contribution < -0.4 is 10.6 Å². The summed E-state index contributed by atoms with van der Waals surface area (Å²) in [5, 5.41) is 5.81. The SMILES string of the molecule is O=C(CCCNC(=O)c1cnccn1)NC(c1ccccc1)c1nc2ccccc2[nH]1. The lowest BCUT2D eigenvalue weighted by atomic mass is 10.1. The molecule has 156 valence electrons. The molecule has 8 heteroatoms. The maximum absolute atomic E-state index is 12.6. The number of aromatic nitrogens is 4. The average molecular weight is 414 g/mol. The molecule has 0 radical (unpaired) electrons. The molecular formula is C23H22N6O2. The van der Waals surface area contributed by atoms with E-state index in [1.165, 1.54) is 18.6 Å². The van der Waals surface area contributed by atoms with Gasteiger partial charge in [0.2, 0.25) is 5.91 Å². The minimum absolute atomic E-state index is 0.122. The Morgan fingerprint density at radius 2 is 1.81 bits per heavy atom. The molecule has 0 fully saturated rings. The topological polar surface area (TPSA) is 113 Å². The first-order valence-corrected chi connectivity index (χ1v) is 10.0. The predicted octanol–water partition coefficient (Wildman–Crippen LogP) is 2.77. The van der Waals surface area contributed by atoms with Crippen LogP contribution in [0, 0.1) is 0 Å². The first-order valence-electron chi connectivity index (χ1n) is 10.0. The molecule has 0 aliphatic heterocycles. The van der Waals surface area contributed by atoms with Crippen LogP contribution in [-0.4, -0.2) is 38.3 Å². The van der Waals surface area contributed by atoms with E-state index in [1.807, 2.05) is 54.6 Å². The number of nitrogens with zero attached hydrogens (tertiary/aromatic N) is 3. The zero-order valence-electron chi connectivity index (χ0n) is 16.8. The second-order valence-electron chi connectivity index (χ2n) is 7.00. The van der Waals surface area contributed by atoms with Crippen molar-refractivity contribution in [2.24, 2.45) is 0 Å². The molecule has 4 aromatic rings. The summed E-state index contributed by atoms with van der Waals surface area (Å²) in [7, 11) is 0. The molecular weight excluding hydrogens is 392 g/mol. The van der Waals surface area contributed by atoms with E-state index >= 15 is 0 Å². The molecule has 0 bridgehead atoms. The zero-order chi connectivity index (χ0) is 21.5. The van der Waals surface area contributed by atoms with Crippen LogP contribution in [0.5, 0.6) is 0 Å². The fourth-order valence-corrected chi connectivity index (χ4v) is 3.26. The minimum Gasteiger partial charge on any atom is -0.351 e. The normalized spacial score (nSPS) is 11.7. The Balaban J connectivity index is 1.38. The molecule has 31 heavy (non-hydrogen) atoms. The van der Waals surface area contributed by atoms with E-state index in [9.17, 15) is 9.59 Å². The van der Waals surface area contributed by atoms with Crippen LogP contribution >= 0.6 is 0 Å². The number of hydrogen-bond donors (Lipinski definition) is 3. The van der Waals surface area contributed by atoms with Crippen molar-refractivity contribution in [3.8, 4) is 0 Å². The van der Waals surface area contributed by atoms with E-state index in [-0.39, 0.29) is 23.9 Å². The summed E-state index contributed by atoms with van der Waals surface area (Å²) in [5.41, 5.74) is 2.95. The fourth-order valence-electron chi connectivity index (χ4n) is 3.26. The maximum atomic E-state index is 12.6.